The second-order valence-electron chi connectivity index (χ2n) is 4.25. The van der Waals surface area contributed by atoms with Gasteiger partial charge < -0.3 is 10.5 Å². The number of methoxy groups -OCH3 is 1. The Hall–Kier alpha value is -1.81. The summed E-state index contributed by atoms with van der Waals surface area (Å²) >= 11 is 0. The number of para-hydroxylation sites is 1. The van der Waals surface area contributed by atoms with Gasteiger partial charge in [-0.05, 0) is 25.0 Å². The van der Waals surface area contributed by atoms with Crippen LogP contribution in [-0.4, -0.2) is 16.9 Å². The normalized spacial score (nSPS) is 12.4. The Morgan fingerprint density at radius 3 is 2.83 bits per heavy atom. The van der Waals surface area contributed by atoms with Gasteiger partial charge in [0.2, 0.25) is 0 Å². The number of hydrogen-bond donors (Lipinski definition) is 1. The summed E-state index contributed by atoms with van der Waals surface area (Å²) in [7, 11) is 1.68. The lowest BCUT2D eigenvalue weighted by atomic mass is 10.0. The van der Waals surface area contributed by atoms with Crippen molar-refractivity contribution in [3.8, 4) is 5.75 Å². The van der Waals surface area contributed by atoms with E-state index in [0.717, 1.165) is 29.8 Å². The van der Waals surface area contributed by atoms with E-state index in [0.29, 0.717) is 0 Å². The first-order valence-electron chi connectivity index (χ1n) is 6.14. The SMILES string of the molecule is CCn1cc(C(N)Cc2ccccc2OC)cn1. The molecule has 1 aromatic carbocycles. The molecule has 18 heavy (non-hydrogen) atoms. The molecule has 0 bridgehead atoms. The number of hydrogen-bond acceptors (Lipinski definition) is 3. The van der Waals surface area contributed by atoms with Crippen molar-refractivity contribution in [2.45, 2.75) is 25.9 Å². The Morgan fingerprint density at radius 2 is 2.17 bits per heavy atom. The molecule has 2 N–H and O–H groups in total. The molecular weight excluding hydrogens is 226 g/mol. The maximum Gasteiger partial charge on any atom is 0.122 e. The molecule has 0 spiro atoms. The molecule has 0 aliphatic heterocycles. The molecule has 2 aromatic rings. The molecule has 2 rings (SSSR count). The van der Waals surface area contributed by atoms with Gasteiger partial charge in [0.1, 0.15) is 5.75 Å². The van der Waals surface area contributed by atoms with Crippen LogP contribution in [-0.2, 0) is 13.0 Å². The van der Waals surface area contributed by atoms with Crippen molar-refractivity contribution in [2.75, 3.05) is 7.11 Å². The first kappa shape index (κ1) is 12.6. The Labute approximate surface area is 107 Å². The van der Waals surface area contributed by atoms with Crippen molar-refractivity contribution >= 4 is 0 Å². The zero-order valence-electron chi connectivity index (χ0n) is 10.8. The lowest BCUT2D eigenvalue weighted by Crippen LogP contribution is -2.13. The Morgan fingerprint density at radius 1 is 1.39 bits per heavy atom. The number of benzene rings is 1. The van der Waals surface area contributed by atoms with Crippen LogP contribution in [0, 0.1) is 0 Å². The van der Waals surface area contributed by atoms with Gasteiger partial charge in [0.05, 0.1) is 13.3 Å². The second-order valence-corrected chi connectivity index (χ2v) is 4.25. The molecule has 0 saturated carbocycles. The van der Waals surface area contributed by atoms with Crippen LogP contribution in [0.1, 0.15) is 24.1 Å². The summed E-state index contributed by atoms with van der Waals surface area (Å²) in [4.78, 5) is 0. The molecule has 0 saturated heterocycles. The minimum atomic E-state index is -0.0541. The molecule has 1 atom stereocenters. The van der Waals surface area contributed by atoms with E-state index in [1.807, 2.05) is 41.3 Å². The van der Waals surface area contributed by atoms with Gasteiger partial charge in [-0.3, -0.25) is 4.68 Å². The summed E-state index contributed by atoms with van der Waals surface area (Å²) in [5.41, 5.74) is 8.39. The fraction of sp³-hybridized carbons (Fsp3) is 0.357. The maximum absolute atomic E-state index is 6.21. The lowest BCUT2D eigenvalue weighted by Gasteiger charge is -2.12. The Bertz CT molecular complexity index is 507. The number of nitrogens with two attached hydrogens (primary N) is 1. The first-order valence-corrected chi connectivity index (χ1v) is 6.14. The Balaban J connectivity index is 2.13. The summed E-state index contributed by atoms with van der Waals surface area (Å²) < 4.78 is 7.22. The molecule has 0 aliphatic carbocycles. The highest BCUT2D eigenvalue weighted by Crippen LogP contribution is 2.23. The van der Waals surface area contributed by atoms with Crippen molar-refractivity contribution in [2.24, 2.45) is 5.73 Å². The molecule has 96 valence electrons. The lowest BCUT2D eigenvalue weighted by molar-refractivity contribution is 0.408. The fourth-order valence-electron chi connectivity index (χ4n) is 1.97. The topological polar surface area (TPSA) is 53.1 Å². The average molecular weight is 245 g/mol. The smallest absolute Gasteiger partial charge is 0.122 e. The van der Waals surface area contributed by atoms with E-state index < -0.39 is 0 Å². The van der Waals surface area contributed by atoms with Crippen LogP contribution in [0.2, 0.25) is 0 Å². The molecule has 4 nitrogen and oxygen atoms in total. The number of aryl methyl sites for hydroxylation is 1. The van der Waals surface area contributed by atoms with Crippen LogP contribution in [0.3, 0.4) is 0 Å². The van der Waals surface area contributed by atoms with Crippen molar-refractivity contribution in [1.82, 2.24) is 9.78 Å². The van der Waals surface area contributed by atoms with Gasteiger partial charge in [0.15, 0.2) is 0 Å². The molecule has 1 aromatic heterocycles. The molecule has 0 amide bonds. The summed E-state index contributed by atoms with van der Waals surface area (Å²) in [6.07, 6.45) is 4.59. The standard InChI is InChI=1S/C14H19N3O/c1-3-17-10-12(9-16-17)13(15)8-11-6-4-5-7-14(11)18-2/h4-7,9-10,13H,3,8,15H2,1-2H3. The van der Waals surface area contributed by atoms with Crippen molar-refractivity contribution in [3.05, 3.63) is 47.8 Å². The molecular formula is C14H19N3O. The van der Waals surface area contributed by atoms with Gasteiger partial charge in [-0.25, -0.2) is 0 Å². The van der Waals surface area contributed by atoms with Crippen LogP contribution in [0.15, 0.2) is 36.7 Å². The molecule has 1 unspecified atom stereocenters. The van der Waals surface area contributed by atoms with Gasteiger partial charge in [0, 0.05) is 24.3 Å². The van der Waals surface area contributed by atoms with E-state index in [1.165, 1.54) is 0 Å². The zero-order valence-corrected chi connectivity index (χ0v) is 10.8. The van der Waals surface area contributed by atoms with Crippen LogP contribution < -0.4 is 10.5 Å². The summed E-state index contributed by atoms with van der Waals surface area (Å²) in [5.74, 6) is 0.885. The van der Waals surface area contributed by atoms with E-state index >= 15 is 0 Å². The van der Waals surface area contributed by atoms with E-state index in [1.54, 1.807) is 7.11 Å². The molecule has 0 aliphatic rings. The molecule has 1 heterocycles. The second kappa shape index (κ2) is 5.69. The minimum Gasteiger partial charge on any atom is -0.496 e. The highest BCUT2D eigenvalue weighted by molar-refractivity contribution is 5.34. The largest absolute Gasteiger partial charge is 0.496 e. The predicted octanol–water partition coefficient (Wildman–Crippen LogP) is 2.15. The zero-order chi connectivity index (χ0) is 13.0. The fourth-order valence-corrected chi connectivity index (χ4v) is 1.97. The number of nitrogens with zero attached hydrogens (tertiary/aromatic N) is 2. The third kappa shape index (κ3) is 2.71. The number of aromatic nitrogens is 2. The third-order valence-electron chi connectivity index (χ3n) is 3.04. The van der Waals surface area contributed by atoms with Gasteiger partial charge in [-0.2, -0.15) is 5.10 Å². The van der Waals surface area contributed by atoms with Gasteiger partial charge in [0.25, 0.3) is 0 Å². The third-order valence-corrected chi connectivity index (χ3v) is 3.04. The van der Waals surface area contributed by atoms with Gasteiger partial charge in [-0.1, -0.05) is 18.2 Å². The maximum atomic E-state index is 6.21. The molecule has 4 heteroatoms. The van der Waals surface area contributed by atoms with E-state index in [-0.39, 0.29) is 6.04 Å². The molecule has 0 radical (unpaired) electrons. The average Bonchev–Trinajstić information content (AvgIpc) is 2.88. The van der Waals surface area contributed by atoms with Crippen LogP contribution >= 0.6 is 0 Å². The van der Waals surface area contributed by atoms with Crippen molar-refractivity contribution in [3.63, 3.8) is 0 Å². The number of rotatable bonds is 5. The minimum absolute atomic E-state index is 0.0541. The monoisotopic (exact) mass is 245 g/mol. The first-order chi connectivity index (χ1) is 8.74. The van der Waals surface area contributed by atoms with Crippen molar-refractivity contribution < 1.29 is 4.74 Å². The highest BCUT2D eigenvalue weighted by Gasteiger charge is 2.12. The van der Waals surface area contributed by atoms with Crippen molar-refractivity contribution in [1.29, 1.82) is 0 Å². The van der Waals surface area contributed by atoms with Crippen LogP contribution in [0.25, 0.3) is 0 Å². The van der Waals surface area contributed by atoms with Crippen LogP contribution in [0.4, 0.5) is 0 Å². The van der Waals surface area contributed by atoms with E-state index in [4.69, 9.17) is 10.5 Å². The summed E-state index contributed by atoms with van der Waals surface area (Å²) in [6, 6.07) is 7.91. The predicted molar refractivity (Wildman–Crippen MR) is 71.5 cm³/mol. The highest BCUT2D eigenvalue weighted by atomic mass is 16.5. The van der Waals surface area contributed by atoms with E-state index in [9.17, 15) is 0 Å². The summed E-state index contributed by atoms with van der Waals surface area (Å²) in [5, 5.41) is 4.25. The summed E-state index contributed by atoms with van der Waals surface area (Å²) in [6.45, 7) is 2.92. The molecule has 0 fully saturated rings. The quantitative estimate of drug-likeness (QED) is 0.878. The van der Waals surface area contributed by atoms with Crippen LogP contribution in [0.5, 0.6) is 5.75 Å². The van der Waals surface area contributed by atoms with Gasteiger partial charge >= 0.3 is 0 Å². The Kier molecular flexibility index (Phi) is 3.99. The van der Waals surface area contributed by atoms with E-state index in [2.05, 4.69) is 12.0 Å². The number of ether oxygens (including phenoxy) is 1. The van der Waals surface area contributed by atoms with Gasteiger partial charge in [-0.15, -0.1) is 0 Å².